The zero-order valence-corrected chi connectivity index (χ0v) is 13.0. The summed E-state index contributed by atoms with van der Waals surface area (Å²) >= 11 is 4.08. The Kier molecular flexibility index (Phi) is 8.24. The first-order chi connectivity index (χ1) is 9.74. The molecule has 0 heterocycles. The van der Waals surface area contributed by atoms with Crippen molar-refractivity contribution in [2.45, 2.75) is 0 Å². The molecule has 0 spiro atoms. The van der Waals surface area contributed by atoms with Gasteiger partial charge in [0.05, 0.1) is 0 Å². The van der Waals surface area contributed by atoms with Gasteiger partial charge in [-0.05, 0) is 23.8 Å². The fourth-order valence-corrected chi connectivity index (χ4v) is 1.60. The quantitative estimate of drug-likeness (QED) is 0.457. The first kappa shape index (κ1) is 16.3. The van der Waals surface area contributed by atoms with Crippen LogP contribution in [0.25, 0.3) is 6.08 Å². The smallest absolute Gasteiger partial charge is 0.0477 e. The van der Waals surface area contributed by atoms with Crippen molar-refractivity contribution in [1.82, 2.24) is 0 Å². The molecule has 1 aromatic rings. The fourth-order valence-electron chi connectivity index (χ4n) is 1.49. The van der Waals surface area contributed by atoms with Gasteiger partial charge in [0.15, 0.2) is 0 Å². The molecule has 0 aromatic heterocycles. The highest BCUT2D eigenvalue weighted by atomic mass is 32.1. The molecule has 0 aliphatic heterocycles. The van der Waals surface area contributed by atoms with E-state index >= 15 is 0 Å². The average Bonchev–Trinajstić information content (AvgIpc) is 2.46. The maximum absolute atomic E-state index is 4.13. The summed E-state index contributed by atoms with van der Waals surface area (Å²) in [7, 11) is 4.08. The second-order valence-electron chi connectivity index (χ2n) is 4.39. The Labute approximate surface area is 127 Å². The van der Waals surface area contributed by atoms with E-state index in [0.29, 0.717) is 0 Å². The molecule has 0 unspecified atom stereocenters. The molecule has 0 aliphatic rings. The van der Waals surface area contributed by atoms with E-state index in [1.165, 1.54) is 11.3 Å². The van der Waals surface area contributed by atoms with E-state index in [2.05, 4.69) is 52.9 Å². The summed E-state index contributed by atoms with van der Waals surface area (Å²) in [6.07, 6.45) is 13.8. The van der Waals surface area contributed by atoms with Gasteiger partial charge in [-0.25, -0.2) is 0 Å². The molecule has 0 amide bonds. The molecule has 0 saturated heterocycles. The van der Waals surface area contributed by atoms with Gasteiger partial charge in [-0.1, -0.05) is 42.5 Å². The van der Waals surface area contributed by atoms with Crippen LogP contribution >= 0.6 is 12.6 Å². The highest BCUT2D eigenvalue weighted by Gasteiger charge is 1.92. The second-order valence-corrected chi connectivity index (χ2v) is 4.84. The number of benzene rings is 1. The molecular formula is C17H22N2S. The molecule has 0 atom stereocenters. The zero-order valence-electron chi connectivity index (χ0n) is 12.1. The number of aliphatic imine (C=N–C) groups is 1. The Morgan fingerprint density at radius 1 is 1.00 bits per heavy atom. The molecular weight excluding hydrogens is 264 g/mol. The van der Waals surface area contributed by atoms with E-state index in [1.807, 2.05) is 44.5 Å². The topological polar surface area (TPSA) is 15.6 Å². The Bertz CT molecular complexity index is 482. The van der Waals surface area contributed by atoms with Crippen LogP contribution < -0.4 is 4.90 Å². The predicted octanol–water partition coefficient (Wildman–Crippen LogP) is 3.88. The Balaban J connectivity index is 2.40. The van der Waals surface area contributed by atoms with Gasteiger partial charge in [-0.3, -0.25) is 4.99 Å². The van der Waals surface area contributed by atoms with Gasteiger partial charge in [0.25, 0.3) is 0 Å². The van der Waals surface area contributed by atoms with E-state index in [0.717, 1.165) is 12.3 Å². The molecule has 0 N–H and O–H groups in total. The summed E-state index contributed by atoms with van der Waals surface area (Å²) in [5.74, 6) is 0.787. The van der Waals surface area contributed by atoms with Gasteiger partial charge in [-0.2, -0.15) is 12.6 Å². The molecule has 0 fully saturated rings. The van der Waals surface area contributed by atoms with Gasteiger partial charge in [0, 0.05) is 38.3 Å². The minimum absolute atomic E-state index is 0.764. The first-order valence-corrected chi connectivity index (χ1v) is 7.25. The van der Waals surface area contributed by atoms with E-state index in [-0.39, 0.29) is 0 Å². The van der Waals surface area contributed by atoms with Gasteiger partial charge < -0.3 is 4.90 Å². The molecule has 0 aliphatic carbocycles. The standard InChI is InChI=1S/C17H22N2S/c1-19(2)17-11-9-16(10-12-17)8-6-4-3-5-7-13-18-14-15-20/h3-13,20H,14-15H2,1-2H3/b4-3+,7-5-,8-6+,18-13?. The molecule has 1 aromatic carbocycles. The van der Waals surface area contributed by atoms with Crippen molar-refractivity contribution in [3.8, 4) is 0 Å². The summed E-state index contributed by atoms with van der Waals surface area (Å²) in [6.45, 7) is 0.764. The number of nitrogens with zero attached hydrogens (tertiary/aromatic N) is 2. The molecule has 0 saturated carbocycles. The number of hydrogen-bond donors (Lipinski definition) is 1. The molecule has 2 nitrogen and oxygen atoms in total. The monoisotopic (exact) mass is 286 g/mol. The van der Waals surface area contributed by atoms with Crippen LogP contribution in [0.1, 0.15) is 5.56 Å². The molecule has 1 rings (SSSR count). The third-order valence-corrected chi connectivity index (χ3v) is 2.76. The highest BCUT2D eigenvalue weighted by molar-refractivity contribution is 7.80. The number of rotatable bonds is 7. The van der Waals surface area contributed by atoms with Crippen LogP contribution in [0.4, 0.5) is 5.69 Å². The van der Waals surface area contributed by atoms with Crippen LogP contribution in [0.3, 0.4) is 0 Å². The van der Waals surface area contributed by atoms with Gasteiger partial charge >= 0.3 is 0 Å². The third kappa shape index (κ3) is 7.00. The van der Waals surface area contributed by atoms with Crippen LogP contribution in [-0.4, -0.2) is 32.6 Å². The fraction of sp³-hybridized carbons (Fsp3) is 0.235. The lowest BCUT2D eigenvalue weighted by molar-refractivity contribution is 1.13. The Morgan fingerprint density at radius 2 is 1.65 bits per heavy atom. The van der Waals surface area contributed by atoms with E-state index in [4.69, 9.17) is 0 Å². The number of hydrogen-bond acceptors (Lipinski definition) is 3. The van der Waals surface area contributed by atoms with E-state index in [1.54, 1.807) is 6.21 Å². The summed E-state index contributed by atoms with van der Waals surface area (Å²) in [5.41, 5.74) is 2.40. The van der Waals surface area contributed by atoms with Crippen LogP contribution in [0, 0.1) is 0 Å². The van der Waals surface area contributed by atoms with Crippen molar-refractivity contribution in [3.63, 3.8) is 0 Å². The summed E-state index contributed by atoms with van der Waals surface area (Å²) in [4.78, 5) is 6.22. The van der Waals surface area contributed by atoms with Crippen molar-refractivity contribution < 1.29 is 0 Å². The maximum atomic E-state index is 4.13. The van der Waals surface area contributed by atoms with Crippen LogP contribution in [-0.2, 0) is 0 Å². The number of thiol groups is 1. The lowest BCUT2D eigenvalue weighted by Gasteiger charge is -2.11. The van der Waals surface area contributed by atoms with Crippen LogP contribution in [0.15, 0.2) is 59.6 Å². The maximum Gasteiger partial charge on any atom is 0.0477 e. The van der Waals surface area contributed by atoms with Gasteiger partial charge in [-0.15, -0.1) is 0 Å². The lowest BCUT2D eigenvalue weighted by Crippen LogP contribution is -2.07. The second kappa shape index (κ2) is 10.1. The van der Waals surface area contributed by atoms with E-state index in [9.17, 15) is 0 Å². The van der Waals surface area contributed by atoms with Crippen molar-refractivity contribution >= 4 is 30.6 Å². The number of anilines is 1. The van der Waals surface area contributed by atoms with Crippen LogP contribution in [0.5, 0.6) is 0 Å². The molecule has 20 heavy (non-hydrogen) atoms. The predicted molar refractivity (Wildman–Crippen MR) is 95.3 cm³/mol. The van der Waals surface area contributed by atoms with Crippen molar-refractivity contribution in [1.29, 1.82) is 0 Å². The molecule has 0 bridgehead atoms. The summed E-state index contributed by atoms with van der Waals surface area (Å²) in [6, 6.07) is 8.45. The number of allylic oxidation sites excluding steroid dienone is 5. The van der Waals surface area contributed by atoms with Crippen molar-refractivity contribution in [3.05, 3.63) is 60.2 Å². The first-order valence-electron chi connectivity index (χ1n) is 6.62. The zero-order chi connectivity index (χ0) is 14.6. The Morgan fingerprint density at radius 3 is 2.30 bits per heavy atom. The largest absolute Gasteiger partial charge is 0.378 e. The average molecular weight is 286 g/mol. The molecule has 3 heteroatoms. The van der Waals surface area contributed by atoms with Crippen molar-refractivity contribution in [2.24, 2.45) is 4.99 Å². The molecule has 106 valence electrons. The van der Waals surface area contributed by atoms with Crippen molar-refractivity contribution in [2.75, 3.05) is 31.3 Å². The van der Waals surface area contributed by atoms with Gasteiger partial charge in [0.1, 0.15) is 0 Å². The third-order valence-electron chi connectivity index (χ3n) is 2.56. The van der Waals surface area contributed by atoms with Crippen LogP contribution in [0.2, 0.25) is 0 Å². The minimum Gasteiger partial charge on any atom is -0.378 e. The summed E-state index contributed by atoms with van der Waals surface area (Å²) < 4.78 is 0. The van der Waals surface area contributed by atoms with E-state index < -0.39 is 0 Å². The normalized spacial score (nSPS) is 12.3. The van der Waals surface area contributed by atoms with Gasteiger partial charge in [0.2, 0.25) is 0 Å². The summed E-state index contributed by atoms with van der Waals surface area (Å²) in [5, 5.41) is 0. The minimum atomic E-state index is 0.764. The Hall–Kier alpha value is -1.74. The lowest BCUT2D eigenvalue weighted by atomic mass is 10.2. The molecule has 0 radical (unpaired) electrons. The SMILES string of the molecule is CN(C)c1ccc(/C=C/C=C/C=C\C=NCCS)cc1. The highest BCUT2D eigenvalue weighted by Crippen LogP contribution is 2.13.